The predicted molar refractivity (Wildman–Crippen MR) is 124 cm³/mol. The number of amides is 1. The number of carbonyl (C=O) groups is 2. The summed E-state index contributed by atoms with van der Waals surface area (Å²) in [6, 6.07) is 20.9. The van der Waals surface area contributed by atoms with E-state index in [2.05, 4.69) is 10.0 Å². The second-order valence-electron chi connectivity index (χ2n) is 6.85. The lowest BCUT2D eigenvalue weighted by atomic mass is 10.1. The van der Waals surface area contributed by atoms with Gasteiger partial charge in [-0.25, -0.2) is 17.9 Å². The molecule has 9 heteroatoms. The van der Waals surface area contributed by atoms with Crippen molar-refractivity contribution in [3.63, 3.8) is 0 Å². The average Bonchev–Trinajstić information content (AvgIpc) is 2.84. The molecule has 0 saturated carbocycles. The maximum atomic E-state index is 13.2. The normalized spacial score (nSPS) is 11.9. The number of ether oxygens (including phenoxy) is 2. The zero-order chi connectivity index (χ0) is 23.8. The van der Waals surface area contributed by atoms with E-state index in [0.29, 0.717) is 23.6 Å². The maximum Gasteiger partial charge on any atom is 0.339 e. The van der Waals surface area contributed by atoms with Crippen molar-refractivity contribution in [2.45, 2.75) is 17.9 Å². The Labute approximate surface area is 192 Å². The number of anilines is 1. The molecule has 0 bridgehead atoms. The van der Waals surface area contributed by atoms with Gasteiger partial charge in [0, 0.05) is 5.56 Å². The summed E-state index contributed by atoms with van der Waals surface area (Å²) in [7, 11) is -2.48. The van der Waals surface area contributed by atoms with Gasteiger partial charge in [-0.2, -0.15) is 0 Å². The van der Waals surface area contributed by atoms with Gasteiger partial charge in [-0.05, 0) is 44.3 Å². The van der Waals surface area contributed by atoms with Gasteiger partial charge in [-0.1, -0.05) is 48.5 Å². The lowest BCUT2D eigenvalue weighted by molar-refractivity contribution is -0.125. The number of hydrogen-bond donors (Lipinski definition) is 2. The van der Waals surface area contributed by atoms with E-state index >= 15 is 0 Å². The molecule has 0 aliphatic rings. The van der Waals surface area contributed by atoms with Gasteiger partial charge in [0.05, 0.1) is 22.8 Å². The van der Waals surface area contributed by atoms with Crippen LogP contribution in [0.4, 0.5) is 5.69 Å². The van der Waals surface area contributed by atoms with E-state index in [0.717, 1.165) is 0 Å². The van der Waals surface area contributed by atoms with E-state index in [4.69, 9.17) is 9.47 Å². The number of sulfonamides is 1. The molecule has 8 nitrogen and oxygen atoms in total. The Hall–Kier alpha value is -3.69. The highest BCUT2D eigenvalue weighted by Crippen LogP contribution is 2.27. The van der Waals surface area contributed by atoms with Crippen LogP contribution in [0.5, 0.6) is 5.75 Å². The Morgan fingerprint density at radius 3 is 2.33 bits per heavy atom. The minimum Gasteiger partial charge on any atom is -0.492 e. The van der Waals surface area contributed by atoms with Gasteiger partial charge < -0.3 is 14.8 Å². The molecule has 1 amide bonds. The highest BCUT2D eigenvalue weighted by molar-refractivity contribution is 7.89. The molecule has 0 heterocycles. The molecule has 0 spiro atoms. The first-order valence-corrected chi connectivity index (χ1v) is 11.7. The van der Waals surface area contributed by atoms with Crippen LogP contribution in [-0.4, -0.2) is 33.9 Å². The summed E-state index contributed by atoms with van der Waals surface area (Å²) in [5.74, 6) is -0.942. The van der Waals surface area contributed by atoms with Crippen LogP contribution in [0.15, 0.2) is 83.8 Å². The van der Waals surface area contributed by atoms with Crippen molar-refractivity contribution in [2.75, 3.05) is 19.0 Å². The van der Waals surface area contributed by atoms with Gasteiger partial charge in [0.2, 0.25) is 16.1 Å². The quantitative estimate of drug-likeness (QED) is 0.465. The minimum atomic E-state index is -3.75. The summed E-state index contributed by atoms with van der Waals surface area (Å²) in [5, 5.41) is 2.75. The fourth-order valence-electron chi connectivity index (χ4n) is 3.03. The number of hydrogen-bond acceptors (Lipinski definition) is 6. The van der Waals surface area contributed by atoms with Crippen LogP contribution in [0.3, 0.4) is 0 Å². The predicted octanol–water partition coefficient (Wildman–Crippen LogP) is 3.53. The molecule has 0 aliphatic heterocycles. The highest BCUT2D eigenvalue weighted by Gasteiger charge is 2.27. The molecule has 2 N–H and O–H groups in total. The smallest absolute Gasteiger partial charge is 0.339 e. The molecule has 33 heavy (non-hydrogen) atoms. The van der Waals surface area contributed by atoms with E-state index in [9.17, 15) is 18.0 Å². The number of rotatable bonds is 9. The van der Waals surface area contributed by atoms with Crippen molar-refractivity contribution in [1.82, 2.24) is 4.72 Å². The summed E-state index contributed by atoms with van der Waals surface area (Å²) < 4.78 is 37.4. The van der Waals surface area contributed by atoms with Gasteiger partial charge in [0.15, 0.2) is 0 Å². The van der Waals surface area contributed by atoms with Crippen molar-refractivity contribution in [3.05, 3.63) is 90.0 Å². The first-order chi connectivity index (χ1) is 15.9. The number of benzene rings is 3. The van der Waals surface area contributed by atoms with Crippen LogP contribution in [0.2, 0.25) is 0 Å². The summed E-state index contributed by atoms with van der Waals surface area (Å²) in [6.07, 6.45) is -1.28. The molecule has 0 saturated heterocycles. The van der Waals surface area contributed by atoms with Crippen LogP contribution in [0.1, 0.15) is 28.9 Å². The van der Waals surface area contributed by atoms with Gasteiger partial charge in [-0.3, -0.25) is 4.79 Å². The van der Waals surface area contributed by atoms with Crippen LogP contribution < -0.4 is 14.8 Å². The van der Waals surface area contributed by atoms with E-state index in [1.54, 1.807) is 54.6 Å². The summed E-state index contributed by atoms with van der Waals surface area (Å²) in [6.45, 7) is 2.24. The first kappa shape index (κ1) is 24.0. The number of carbonyl (C=O) groups excluding carboxylic acids is 2. The minimum absolute atomic E-state index is 0.00484. The molecule has 1 atom stereocenters. The van der Waals surface area contributed by atoms with E-state index in [1.165, 1.54) is 31.3 Å². The second kappa shape index (κ2) is 10.8. The second-order valence-corrected chi connectivity index (χ2v) is 8.74. The SMILES string of the molecule is CCOc1ccccc1NC(=O)C(OC(=O)c1cccc(S(=O)(=O)NC)c1)c1ccccc1. The van der Waals surface area contributed by atoms with Gasteiger partial charge in [0.25, 0.3) is 5.91 Å². The lowest BCUT2D eigenvalue weighted by Gasteiger charge is -2.19. The fraction of sp³-hybridized carbons (Fsp3) is 0.167. The number of esters is 1. The first-order valence-electron chi connectivity index (χ1n) is 10.2. The Kier molecular flexibility index (Phi) is 7.81. The molecular formula is C24H24N2O6S. The van der Waals surface area contributed by atoms with Crippen molar-refractivity contribution in [2.24, 2.45) is 0 Å². The third-order valence-electron chi connectivity index (χ3n) is 4.66. The molecule has 172 valence electrons. The van der Waals surface area contributed by atoms with E-state index < -0.39 is 28.0 Å². The molecule has 0 aliphatic carbocycles. The average molecular weight is 469 g/mol. The zero-order valence-electron chi connectivity index (χ0n) is 18.1. The highest BCUT2D eigenvalue weighted by atomic mass is 32.2. The Morgan fingerprint density at radius 2 is 1.64 bits per heavy atom. The van der Waals surface area contributed by atoms with E-state index in [-0.39, 0.29) is 10.5 Å². The number of nitrogens with one attached hydrogen (secondary N) is 2. The summed E-state index contributed by atoms with van der Waals surface area (Å²) in [4.78, 5) is 25.9. The Balaban J connectivity index is 1.89. The maximum absolute atomic E-state index is 13.2. The molecular weight excluding hydrogens is 444 g/mol. The molecule has 3 aromatic carbocycles. The summed E-state index contributed by atoms with van der Waals surface area (Å²) in [5.41, 5.74) is 0.884. The van der Waals surface area contributed by atoms with Gasteiger partial charge in [0.1, 0.15) is 5.75 Å². The Bertz CT molecular complexity index is 1230. The fourth-order valence-corrected chi connectivity index (χ4v) is 3.81. The molecule has 0 fully saturated rings. The Morgan fingerprint density at radius 1 is 0.939 bits per heavy atom. The molecule has 0 aromatic heterocycles. The van der Waals surface area contributed by atoms with Gasteiger partial charge in [-0.15, -0.1) is 0 Å². The van der Waals surface area contributed by atoms with Crippen LogP contribution in [0, 0.1) is 0 Å². The van der Waals surface area contributed by atoms with Gasteiger partial charge >= 0.3 is 5.97 Å². The van der Waals surface area contributed by atoms with Crippen molar-refractivity contribution in [3.8, 4) is 5.75 Å². The monoisotopic (exact) mass is 468 g/mol. The number of para-hydroxylation sites is 2. The van der Waals surface area contributed by atoms with Crippen molar-refractivity contribution < 1.29 is 27.5 Å². The van der Waals surface area contributed by atoms with Crippen LogP contribution in [0.25, 0.3) is 0 Å². The third kappa shape index (κ3) is 5.97. The molecule has 1 unspecified atom stereocenters. The summed E-state index contributed by atoms with van der Waals surface area (Å²) >= 11 is 0. The molecule has 0 radical (unpaired) electrons. The zero-order valence-corrected chi connectivity index (χ0v) is 19.0. The van der Waals surface area contributed by atoms with Crippen molar-refractivity contribution >= 4 is 27.6 Å². The standard InChI is InChI=1S/C24H24N2O6S/c1-3-31-21-15-8-7-14-20(21)26-23(27)22(17-10-5-4-6-11-17)32-24(28)18-12-9-13-19(16-18)33(29,30)25-2/h4-16,22,25H,3H2,1-2H3,(H,26,27). The van der Waals surface area contributed by atoms with E-state index in [1.807, 2.05) is 6.92 Å². The van der Waals surface area contributed by atoms with Crippen molar-refractivity contribution in [1.29, 1.82) is 0 Å². The van der Waals surface area contributed by atoms with Crippen LogP contribution >= 0.6 is 0 Å². The third-order valence-corrected chi connectivity index (χ3v) is 6.07. The lowest BCUT2D eigenvalue weighted by Crippen LogP contribution is -2.26. The van der Waals surface area contributed by atoms with Crippen LogP contribution in [-0.2, 0) is 19.6 Å². The largest absolute Gasteiger partial charge is 0.492 e. The topological polar surface area (TPSA) is 111 Å². The molecule has 3 aromatic rings. The molecule has 3 rings (SSSR count).